The first-order valence-corrected chi connectivity index (χ1v) is 9.22. The van der Waals surface area contributed by atoms with Crippen LogP contribution in [0.15, 0.2) is 47.5 Å². The summed E-state index contributed by atoms with van der Waals surface area (Å²) in [5.41, 5.74) is 0.246. The first-order valence-electron chi connectivity index (χ1n) is 7.78. The predicted molar refractivity (Wildman–Crippen MR) is 95.5 cm³/mol. The minimum absolute atomic E-state index is 0.0283. The van der Waals surface area contributed by atoms with E-state index in [1.165, 1.54) is 42.9 Å². The van der Waals surface area contributed by atoms with Crippen molar-refractivity contribution in [1.29, 1.82) is 0 Å². The number of benzene rings is 1. The van der Waals surface area contributed by atoms with E-state index in [9.17, 15) is 22.8 Å². The highest BCUT2D eigenvalue weighted by atomic mass is 32.2. The van der Waals surface area contributed by atoms with Crippen LogP contribution in [0.25, 0.3) is 0 Å². The second-order valence-electron chi connectivity index (χ2n) is 5.77. The van der Waals surface area contributed by atoms with Crippen molar-refractivity contribution in [3.63, 3.8) is 0 Å². The summed E-state index contributed by atoms with van der Waals surface area (Å²) >= 11 is 0. The van der Waals surface area contributed by atoms with Crippen LogP contribution in [0.2, 0.25) is 0 Å². The maximum atomic E-state index is 12.1. The summed E-state index contributed by atoms with van der Waals surface area (Å²) in [6.07, 6.45) is 1.65. The van der Waals surface area contributed by atoms with Gasteiger partial charge in [-0.25, -0.2) is 17.5 Å². The average Bonchev–Trinajstić information content (AvgIpc) is 3.05. The molecule has 0 saturated heterocycles. The Bertz CT molecular complexity index is 978. The Morgan fingerprint density at radius 3 is 2.44 bits per heavy atom. The van der Waals surface area contributed by atoms with Crippen molar-refractivity contribution in [2.45, 2.75) is 4.90 Å². The molecule has 0 fully saturated rings. The molecule has 0 spiro atoms. The van der Waals surface area contributed by atoms with Crippen LogP contribution in [0.3, 0.4) is 0 Å². The highest BCUT2D eigenvalue weighted by Gasteiger charge is 2.20. The van der Waals surface area contributed by atoms with Crippen LogP contribution in [0.5, 0.6) is 0 Å². The molecule has 144 valence electrons. The highest BCUT2D eigenvalue weighted by molar-refractivity contribution is 7.89. The molecule has 2 aromatic rings. The zero-order chi connectivity index (χ0) is 20.2. The van der Waals surface area contributed by atoms with E-state index < -0.39 is 34.4 Å². The number of sulfonamides is 1. The van der Waals surface area contributed by atoms with Gasteiger partial charge in [-0.05, 0) is 30.3 Å². The van der Waals surface area contributed by atoms with Crippen molar-refractivity contribution >= 4 is 27.8 Å². The third-order valence-electron chi connectivity index (χ3n) is 3.61. The van der Waals surface area contributed by atoms with E-state index in [0.717, 1.165) is 10.4 Å². The van der Waals surface area contributed by atoms with Crippen molar-refractivity contribution in [3.8, 4) is 0 Å². The topological polar surface area (TPSA) is 115 Å². The van der Waals surface area contributed by atoms with Crippen LogP contribution in [-0.2, 0) is 26.6 Å². The quantitative estimate of drug-likeness (QED) is 0.710. The number of nitrogens with zero attached hydrogens (tertiary/aromatic N) is 2. The molecule has 10 heteroatoms. The maximum absolute atomic E-state index is 12.1. The fraction of sp³-hybridized carbons (Fsp3) is 0.235. The average molecular weight is 393 g/mol. The zero-order valence-electron chi connectivity index (χ0n) is 15.0. The van der Waals surface area contributed by atoms with Gasteiger partial charge in [0.25, 0.3) is 11.8 Å². The fourth-order valence-corrected chi connectivity index (χ4v) is 3.08. The molecular weight excluding hydrogens is 374 g/mol. The van der Waals surface area contributed by atoms with Crippen molar-refractivity contribution in [3.05, 3.63) is 53.9 Å². The first kappa shape index (κ1) is 20.3. The number of nitrogens with one attached hydrogen (secondary N) is 1. The molecule has 1 aromatic heterocycles. The second-order valence-corrected chi connectivity index (χ2v) is 7.92. The zero-order valence-corrected chi connectivity index (χ0v) is 15.8. The molecule has 0 saturated carbocycles. The molecule has 0 atom stereocenters. The first-order chi connectivity index (χ1) is 12.6. The van der Waals surface area contributed by atoms with Gasteiger partial charge in [0.15, 0.2) is 6.61 Å². The number of aryl methyl sites for hydroxylation is 1. The van der Waals surface area contributed by atoms with Crippen LogP contribution >= 0.6 is 0 Å². The molecule has 27 heavy (non-hydrogen) atoms. The highest BCUT2D eigenvalue weighted by Crippen LogP contribution is 2.15. The standard InChI is InChI=1S/C17H19N3O6S/c1-19(2)27(24,25)13-7-4-6-12(10-13)17(23)26-11-15(21)18-16(22)14-8-5-9-20(14)3/h4-10H,11H2,1-3H3,(H,18,21,22). The van der Waals surface area contributed by atoms with E-state index in [4.69, 9.17) is 4.74 Å². The number of amides is 2. The lowest BCUT2D eigenvalue weighted by Crippen LogP contribution is -2.35. The van der Waals surface area contributed by atoms with Gasteiger partial charge in [-0.1, -0.05) is 6.07 Å². The van der Waals surface area contributed by atoms with Gasteiger partial charge in [0.1, 0.15) is 5.69 Å². The van der Waals surface area contributed by atoms with Crippen molar-refractivity contribution in [1.82, 2.24) is 14.2 Å². The van der Waals surface area contributed by atoms with Crippen molar-refractivity contribution < 1.29 is 27.5 Å². The Balaban J connectivity index is 1.99. The smallest absolute Gasteiger partial charge is 0.338 e. The summed E-state index contributed by atoms with van der Waals surface area (Å²) in [5.74, 6) is -2.30. The summed E-state index contributed by atoms with van der Waals surface area (Å²) in [4.78, 5) is 35.7. The number of carbonyl (C=O) groups excluding carboxylic acids is 3. The Morgan fingerprint density at radius 2 is 1.85 bits per heavy atom. The van der Waals surface area contributed by atoms with Crippen LogP contribution in [0.1, 0.15) is 20.8 Å². The summed E-state index contributed by atoms with van der Waals surface area (Å²) in [7, 11) is 0.676. The molecule has 2 rings (SSSR count). The van der Waals surface area contributed by atoms with Gasteiger partial charge in [0, 0.05) is 27.3 Å². The second kappa shape index (κ2) is 8.14. The van der Waals surface area contributed by atoms with Crippen molar-refractivity contribution in [2.75, 3.05) is 20.7 Å². The lowest BCUT2D eigenvalue weighted by molar-refractivity contribution is -0.123. The third-order valence-corrected chi connectivity index (χ3v) is 5.42. The number of hydrogen-bond donors (Lipinski definition) is 1. The number of hydrogen-bond acceptors (Lipinski definition) is 6. The Kier molecular flexibility index (Phi) is 6.13. The number of rotatable bonds is 6. The normalized spacial score (nSPS) is 11.3. The van der Waals surface area contributed by atoms with Gasteiger partial charge in [-0.15, -0.1) is 0 Å². The molecule has 0 aliphatic rings. The molecular formula is C17H19N3O6S. The Morgan fingerprint density at radius 1 is 1.15 bits per heavy atom. The Hall–Kier alpha value is -2.98. The van der Waals surface area contributed by atoms with E-state index in [-0.39, 0.29) is 16.2 Å². The maximum Gasteiger partial charge on any atom is 0.338 e. The summed E-state index contributed by atoms with van der Waals surface area (Å²) in [5, 5.41) is 2.10. The van der Waals surface area contributed by atoms with Crippen LogP contribution in [-0.4, -0.2) is 55.8 Å². The fourth-order valence-electron chi connectivity index (χ4n) is 2.13. The van der Waals surface area contributed by atoms with Gasteiger partial charge in [0.2, 0.25) is 10.0 Å². The minimum atomic E-state index is -3.71. The van der Waals surface area contributed by atoms with Gasteiger partial charge in [-0.2, -0.15) is 0 Å². The van der Waals surface area contributed by atoms with Crippen LogP contribution < -0.4 is 5.32 Å². The monoisotopic (exact) mass is 393 g/mol. The summed E-state index contributed by atoms with van der Waals surface area (Å²) in [6.45, 7) is -0.681. The van der Waals surface area contributed by atoms with Gasteiger partial charge in [-0.3, -0.25) is 14.9 Å². The molecule has 0 aliphatic carbocycles. The number of ether oxygens (including phenoxy) is 1. The van der Waals surface area contributed by atoms with Gasteiger partial charge >= 0.3 is 5.97 Å². The van der Waals surface area contributed by atoms with Crippen LogP contribution in [0.4, 0.5) is 0 Å². The molecule has 1 heterocycles. The SMILES string of the molecule is CN(C)S(=O)(=O)c1cccc(C(=O)OCC(=O)NC(=O)c2cccn2C)c1. The summed E-state index contributed by atoms with van der Waals surface area (Å²) in [6, 6.07) is 8.44. The van der Waals surface area contributed by atoms with E-state index in [1.54, 1.807) is 19.3 Å². The molecule has 0 unspecified atom stereocenters. The number of carbonyl (C=O) groups is 3. The molecule has 2 amide bonds. The minimum Gasteiger partial charge on any atom is -0.452 e. The predicted octanol–water partition coefficient (Wildman–Crippen LogP) is 0.389. The number of esters is 1. The van der Waals surface area contributed by atoms with Crippen LogP contribution in [0, 0.1) is 0 Å². The molecule has 0 bridgehead atoms. The third kappa shape index (κ3) is 4.80. The van der Waals surface area contributed by atoms with E-state index >= 15 is 0 Å². The molecule has 1 aromatic carbocycles. The molecule has 1 N–H and O–H groups in total. The molecule has 0 radical (unpaired) electrons. The van der Waals surface area contributed by atoms with E-state index in [0.29, 0.717) is 0 Å². The number of imide groups is 1. The van der Waals surface area contributed by atoms with Crippen molar-refractivity contribution in [2.24, 2.45) is 7.05 Å². The van der Waals surface area contributed by atoms with Gasteiger partial charge in [0.05, 0.1) is 10.5 Å². The molecule has 0 aliphatic heterocycles. The molecule has 9 nitrogen and oxygen atoms in total. The summed E-state index contributed by atoms with van der Waals surface area (Å²) < 4.78 is 31.6. The van der Waals surface area contributed by atoms with Gasteiger partial charge < -0.3 is 9.30 Å². The van der Waals surface area contributed by atoms with E-state index in [2.05, 4.69) is 5.32 Å². The lowest BCUT2D eigenvalue weighted by atomic mass is 10.2. The number of aromatic nitrogens is 1. The largest absolute Gasteiger partial charge is 0.452 e. The lowest BCUT2D eigenvalue weighted by Gasteiger charge is -2.12. The van der Waals surface area contributed by atoms with E-state index in [1.807, 2.05) is 0 Å². The Labute approximate surface area is 156 Å².